The molecular weight excluding hydrogens is 174 g/mol. The van der Waals surface area contributed by atoms with Gasteiger partial charge in [-0.25, -0.2) is 0 Å². The molecule has 2 nitrogen and oxygen atoms in total. The van der Waals surface area contributed by atoms with Crippen LogP contribution in [0.3, 0.4) is 0 Å². The molecule has 0 aromatic carbocycles. The molecule has 0 saturated carbocycles. The van der Waals surface area contributed by atoms with E-state index >= 15 is 0 Å². The number of aliphatic hydroxyl groups is 1. The molecule has 0 aromatic heterocycles. The Labute approximate surface area is 88.2 Å². The Hall–Kier alpha value is -0.660. The smallest absolute Gasteiger partial charge is 0.108 e. The van der Waals surface area contributed by atoms with E-state index in [1.165, 1.54) is 51.1 Å². The van der Waals surface area contributed by atoms with Gasteiger partial charge in [-0.3, -0.25) is 0 Å². The van der Waals surface area contributed by atoms with Gasteiger partial charge in [-0.1, -0.05) is 51.9 Å². The van der Waals surface area contributed by atoms with Crippen molar-refractivity contribution in [2.24, 2.45) is 5.73 Å². The van der Waals surface area contributed by atoms with Crippen molar-refractivity contribution in [1.82, 2.24) is 0 Å². The molecule has 0 atom stereocenters. The molecule has 0 heterocycles. The van der Waals surface area contributed by atoms with Gasteiger partial charge in [0, 0.05) is 12.6 Å². The first-order chi connectivity index (χ1) is 6.81. The van der Waals surface area contributed by atoms with E-state index in [0.29, 0.717) is 5.76 Å². The van der Waals surface area contributed by atoms with Crippen LogP contribution in [0.5, 0.6) is 0 Å². The first-order valence-corrected chi connectivity index (χ1v) is 5.91. The number of nitrogens with two attached hydrogens (primary N) is 1. The average molecular weight is 199 g/mol. The Morgan fingerprint density at radius 2 is 1.50 bits per heavy atom. The fraction of sp³-hybridized carbons (Fsp3) is 0.833. The van der Waals surface area contributed by atoms with Crippen LogP contribution in [-0.2, 0) is 0 Å². The number of hydrogen-bond donors (Lipinski definition) is 2. The van der Waals surface area contributed by atoms with Gasteiger partial charge in [0.2, 0.25) is 0 Å². The number of rotatable bonds is 9. The Bertz CT molecular complexity index is 143. The summed E-state index contributed by atoms with van der Waals surface area (Å²) < 4.78 is 0. The van der Waals surface area contributed by atoms with Gasteiger partial charge in [0.15, 0.2) is 0 Å². The van der Waals surface area contributed by atoms with Gasteiger partial charge >= 0.3 is 0 Å². The van der Waals surface area contributed by atoms with Crippen LogP contribution in [0.15, 0.2) is 12.0 Å². The third-order valence-corrected chi connectivity index (χ3v) is 2.48. The summed E-state index contributed by atoms with van der Waals surface area (Å²) in [5, 5.41) is 9.07. The molecule has 2 heteroatoms. The zero-order valence-corrected chi connectivity index (χ0v) is 9.47. The monoisotopic (exact) mass is 199 g/mol. The molecule has 0 aromatic rings. The maximum Gasteiger partial charge on any atom is 0.108 e. The first kappa shape index (κ1) is 13.3. The minimum absolute atomic E-state index is 0.330. The van der Waals surface area contributed by atoms with E-state index in [2.05, 4.69) is 6.92 Å². The molecule has 0 aliphatic carbocycles. The summed E-state index contributed by atoms with van der Waals surface area (Å²) in [7, 11) is 0. The topological polar surface area (TPSA) is 46.2 Å². The molecule has 0 amide bonds. The van der Waals surface area contributed by atoms with Gasteiger partial charge < -0.3 is 10.8 Å². The second-order valence-corrected chi connectivity index (χ2v) is 3.88. The van der Waals surface area contributed by atoms with Crippen molar-refractivity contribution >= 4 is 0 Å². The highest BCUT2D eigenvalue weighted by Crippen LogP contribution is 2.11. The van der Waals surface area contributed by atoms with Crippen molar-refractivity contribution in [2.45, 2.75) is 64.7 Å². The van der Waals surface area contributed by atoms with E-state index in [9.17, 15) is 0 Å². The van der Waals surface area contributed by atoms with E-state index in [0.717, 1.165) is 12.8 Å². The lowest BCUT2D eigenvalue weighted by atomic mass is 10.1. The molecular formula is C12H25NO. The number of aliphatic hydroxyl groups excluding tert-OH is 1. The summed E-state index contributed by atoms with van der Waals surface area (Å²) in [5.41, 5.74) is 5.16. The van der Waals surface area contributed by atoms with E-state index in [1.54, 1.807) is 0 Å². The van der Waals surface area contributed by atoms with Crippen LogP contribution in [0, 0.1) is 0 Å². The standard InChI is InChI=1S/C12H25NO/c1-2-3-4-5-6-7-8-9-10-12(14)11-13/h11,14H,2-10,13H2,1H3/b12-11-. The average Bonchev–Trinajstić information content (AvgIpc) is 2.21. The lowest BCUT2D eigenvalue weighted by Crippen LogP contribution is -1.88. The van der Waals surface area contributed by atoms with Crippen molar-refractivity contribution in [2.75, 3.05) is 0 Å². The molecule has 0 rings (SSSR count). The Kier molecular flexibility index (Phi) is 9.93. The number of hydrogen-bond acceptors (Lipinski definition) is 2. The van der Waals surface area contributed by atoms with Crippen molar-refractivity contribution in [3.8, 4) is 0 Å². The SMILES string of the molecule is CCCCCCCCCC/C(O)=C/N. The summed E-state index contributed by atoms with van der Waals surface area (Å²) in [6, 6.07) is 0. The fourth-order valence-corrected chi connectivity index (χ4v) is 1.52. The molecule has 14 heavy (non-hydrogen) atoms. The minimum atomic E-state index is 0.330. The summed E-state index contributed by atoms with van der Waals surface area (Å²) in [6.45, 7) is 2.24. The van der Waals surface area contributed by atoms with Gasteiger partial charge in [0.1, 0.15) is 5.76 Å². The maximum atomic E-state index is 9.07. The highest BCUT2D eigenvalue weighted by molar-refractivity contribution is 4.85. The van der Waals surface area contributed by atoms with Crippen LogP contribution in [0.25, 0.3) is 0 Å². The Morgan fingerprint density at radius 3 is 2.00 bits per heavy atom. The van der Waals surface area contributed by atoms with Crippen LogP contribution in [0.2, 0.25) is 0 Å². The highest BCUT2D eigenvalue weighted by Gasteiger charge is 1.93. The first-order valence-electron chi connectivity index (χ1n) is 5.91. The molecule has 0 fully saturated rings. The van der Waals surface area contributed by atoms with Crippen molar-refractivity contribution in [3.05, 3.63) is 12.0 Å². The molecule has 84 valence electrons. The lowest BCUT2D eigenvalue weighted by Gasteiger charge is -2.01. The fourth-order valence-electron chi connectivity index (χ4n) is 1.52. The van der Waals surface area contributed by atoms with E-state index in [-0.39, 0.29) is 0 Å². The molecule has 0 aliphatic heterocycles. The van der Waals surface area contributed by atoms with Crippen molar-refractivity contribution in [3.63, 3.8) is 0 Å². The normalized spacial score (nSPS) is 11.9. The van der Waals surface area contributed by atoms with E-state index in [4.69, 9.17) is 10.8 Å². The van der Waals surface area contributed by atoms with E-state index in [1.807, 2.05) is 0 Å². The lowest BCUT2D eigenvalue weighted by molar-refractivity contribution is 0.378. The van der Waals surface area contributed by atoms with Gasteiger partial charge in [0.25, 0.3) is 0 Å². The van der Waals surface area contributed by atoms with Crippen LogP contribution in [0.1, 0.15) is 64.7 Å². The number of unbranched alkanes of at least 4 members (excludes halogenated alkanes) is 7. The van der Waals surface area contributed by atoms with E-state index < -0.39 is 0 Å². The second kappa shape index (κ2) is 10.4. The second-order valence-electron chi connectivity index (χ2n) is 3.88. The third-order valence-electron chi connectivity index (χ3n) is 2.48. The summed E-state index contributed by atoms with van der Waals surface area (Å²) in [4.78, 5) is 0. The summed E-state index contributed by atoms with van der Waals surface area (Å²) in [5.74, 6) is 0.330. The molecule has 0 bridgehead atoms. The van der Waals surface area contributed by atoms with Gasteiger partial charge in [0.05, 0.1) is 0 Å². The molecule has 0 saturated heterocycles. The van der Waals surface area contributed by atoms with Crippen molar-refractivity contribution < 1.29 is 5.11 Å². The number of allylic oxidation sites excluding steroid dienone is 1. The molecule has 0 radical (unpaired) electrons. The van der Waals surface area contributed by atoms with Gasteiger partial charge in [-0.2, -0.15) is 0 Å². The highest BCUT2D eigenvalue weighted by atomic mass is 16.3. The summed E-state index contributed by atoms with van der Waals surface area (Å²) >= 11 is 0. The maximum absolute atomic E-state index is 9.07. The van der Waals surface area contributed by atoms with Crippen LogP contribution in [-0.4, -0.2) is 5.11 Å². The summed E-state index contributed by atoms with van der Waals surface area (Å²) in [6.07, 6.45) is 12.4. The predicted octanol–water partition coefficient (Wildman–Crippen LogP) is 3.88. The van der Waals surface area contributed by atoms with Gasteiger partial charge in [-0.15, -0.1) is 0 Å². The quantitative estimate of drug-likeness (QED) is 0.437. The molecule has 3 N–H and O–H groups in total. The molecule has 0 aliphatic rings. The zero-order chi connectivity index (χ0) is 10.6. The third kappa shape index (κ3) is 9.43. The zero-order valence-electron chi connectivity index (χ0n) is 9.47. The Balaban J connectivity index is 2.99. The van der Waals surface area contributed by atoms with Crippen molar-refractivity contribution in [1.29, 1.82) is 0 Å². The van der Waals surface area contributed by atoms with Crippen LogP contribution < -0.4 is 5.73 Å². The van der Waals surface area contributed by atoms with Gasteiger partial charge in [-0.05, 0) is 6.42 Å². The minimum Gasteiger partial charge on any atom is -0.511 e. The molecule has 0 spiro atoms. The predicted molar refractivity (Wildman–Crippen MR) is 62.1 cm³/mol. The largest absolute Gasteiger partial charge is 0.511 e. The molecule has 0 unspecified atom stereocenters. The van der Waals surface area contributed by atoms with Crippen LogP contribution in [0.4, 0.5) is 0 Å². The Morgan fingerprint density at radius 1 is 1.00 bits per heavy atom. The van der Waals surface area contributed by atoms with Crippen LogP contribution >= 0.6 is 0 Å².